The summed E-state index contributed by atoms with van der Waals surface area (Å²) >= 11 is 0. The Morgan fingerprint density at radius 1 is 1.47 bits per heavy atom. The maximum absolute atomic E-state index is 11.9. The average molecular weight is 255 g/mol. The first kappa shape index (κ1) is 11.9. The first-order valence-corrected chi connectivity index (χ1v) is 6.86. The molecule has 1 aliphatic heterocycles. The molecule has 0 bridgehead atoms. The van der Waals surface area contributed by atoms with E-state index in [4.69, 9.17) is 5.11 Å². The number of anilines is 1. The van der Waals surface area contributed by atoms with Crippen molar-refractivity contribution in [3.05, 3.63) is 23.8 Å². The Kier molecular flexibility index (Phi) is 2.82. The number of para-hydroxylation sites is 1. The normalized spacial score (nSPS) is 17.6. The molecular weight excluding hydrogens is 242 g/mol. The molecule has 1 aromatic carbocycles. The third kappa shape index (κ3) is 2.12. The van der Waals surface area contributed by atoms with Crippen molar-refractivity contribution >= 4 is 21.5 Å². The number of carbonyl (C=O) groups is 1. The molecule has 1 aliphatic rings. The third-order valence-corrected chi connectivity index (χ3v) is 4.53. The van der Waals surface area contributed by atoms with Crippen LogP contribution >= 0.6 is 0 Å². The van der Waals surface area contributed by atoms with E-state index < -0.39 is 15.8 Å². The summed E-state index contributed by atoms with van der Waals surface area (Å²) in [5.41, 5.74) is 1.31. The van der Waals surface area contributed by atoms with Crippen LogP contribution in [0.1, 0.15) is 5.56 Å². The fourth-order valence-electron chi connectivity index (χ4n) is 2.06. The molecule has 0 spiro atoms. The fourth-order valence-corrected chi connectivity index (χ4v) is 3.61. The van der Waals surface area contributed by atoms with E-state index in [1.807, 2.05) is 0 Å². The van der Waals surface area contributed by atoms with Gasteiger partial charge < -0.3 is 10.0 Å². The van der Waals surface area contributed by atoms with Crippen LogP contribution in [-0.4, -0.2) is 38.3 Å². The molecule has 1 N–H and O–H groups in total. The minimum absolute atomic E-state index is 0.0310. The zero-order valence-corrected chi connectivity index (χ0v) is 10.2. The third-order valence-electron chi connectivity index (χ3n) is 2.81. The molecule has 17 heavy (non-hydrogen) atoms. The standard InChI is InChI=1S/C11H13NO4S/c1-8-3-2-4-9-11(8)12(7-10(13)14)5-6-17(9,15)16/h2-4H,5-7H2,1H3,(H,13,14). The number of hydrogen-bond acceptors (Lipinski definition) is 4. The number of benzene rings is 1. The van der Waals surface area contributed by atoms with Crippen molar-refractivity contribution in [3.63, 3.8) is 0 Å². The van der Waals surface area contributed by atoms with Gasteiger partial charge >= 0.3 is 5.97 Å². The highest BCUT2D eigenvalue weighted by atomic mass is 32.2. The molecule has 0 amide bonds. The van der Waals surface area contributed by atoms with Crippen LogP contribution in [0.25, 0.3) is 0 Å². The van der Waals surface area contributed by atoms with Crippen LogP contribution in [-0.2, 0) is 14.6 Å². The van der Waals surface area contributed by atoms with Crippen molar-refractivity contribution < 1.29 is 18.3 Å². The van der Waals surface area contributed by atoms with E-state index in [0.717, 1.165) is 5.56 Å². The molecule has 0 aliphatic carbocycles. The predicted octanol–water partition coefficient (Wildman–Crippen LogP) is 0.673. The summed E-state index contributed by atoms with van der Waals surface area (Å²) in [5, 5.41) is 8.82. The van der Waals surface area contributed by atoms with Crippen LogP contribution in [0.5, 0.6) is 0 Å². The Morgan fingerprint density at radius 3 is 2.82 bits per heavy atom. The molecule has 1 aromatic rings. The second-order valence-corrected chi connectivity index (χ2v) is 6.13. The molecule has 0 fully saturated rings. The van der Waals surface area contributed by atoms with Crippen LogP contribution in [0.3, 0.4) is 0 Å². The van der Waals surface area contributed by atoms with E-state index in [1.54, 1.807) is 24.0 Å². The summed E-state index contributed by atoms with van der Waals surface area (Å²) in [6, 6.07) is 5.00. The highest BCUT2D eigenvalue weighted by Gasteiger charge is 2.30. The Bertz CT molecular complexity index is 565. The van der Waals surface area contributed by atoms with Crippen molar-refractivity contribution in [3.8, 4) is 0 Å². The van der Waals surface area contributed by atoms with Crippen LogP contribution in [0.4, 0.5) is 5.69 Å². The molecule has 1 heterocycles. The van der Waals surface area contributed by atoms with Crippen LogP contribution in [0, 0.1) is 6.92 Å². The monoisotopic (exact) mass is 255 g/mol. The van der Waals surface area contributed by atoms with Gasteiger partial charge in [-0.15, -0.1) is 0 Å². The maximum atomic E-state index is 11.9. The summed E-state index contributed by atoms with van der Waals surface area (Å²) in [5.74, 6) is -0.991. The number of nitrogens with zero attached hydrogens (tertiary/aromatic N) is 1. The van der Waals surface area contributed by atoms with Gasteiger partial charge in [-0.1, -0.05) is 12.1 Å². The van der Waals surface area contributed by atoms with Crippen LogP contribution in [0.2, 0.25) is 0 Å². The van der Waals surface area contributed by atoms with Gasteiger partial charge in [0.15, 0.2) is 9.84 Å². The lowest BCUT2D eigenvalue weighted by Crippen LogP contribution is -2.39. The van der Waals surface area contributed by atoms with Crippen molar-refractivity contribution in [1.82, 2.24) is 0 Å². The molecule has 6 heteroatoms. The number of aryl methyl sites for hydroxylation is 1. The first-order chi connectivity index (χ1) is 7.92. The molecule has 0 atom stereocenters. The highest BCUT2D eigenvalue weighted by Crippen LogP contribution is 2.33. The van der Waals surface area contributed by atoms with Gasteiger partial charge in [0, 0.05) is 6.54 Å². The smallest absolute Gasteiger partial charge is 0.323 e. The first-order valence-electron chi connectivity index (χ1n) is 5.21. The summed E-state index contributed by atoms with van der Waals surface area (Å²) in [6.07, 6.45) is 0. The molecule has 92 valence electrons. The SMILES string of the molecule is Cc1cccc2c1N(CC(=O)O)CCS2(=O)=O. The van der Waals surface area contributed by atoms with Crippen molar-refractivity contribution in [2.24, 2.45) is 0 Å². The number of carboxylic acids is 1. The number of hydrogen-bond donors (Lipinski definition) is 1. The largest absolute Gasteiger partial charge is 0.480 e. The van der Waals surface area contributed by atoms with Crippen molar-refractivity contribution in [2.45, 2.75) is 11.8 Å². The molecule has 0 aromatic heterocycles. The lowest BCUT2D eigenvalue weighted by Gasteiger charge is -2.31. The van der Waals surface area contributed by atoms with Gasteiger partial charge in [0.25, 0.3) is 0 Å². The molecule has 0 saturated carbocycles. The fraction of sp³-hybridized carbons (Fsp3) is 0.364. The Morgan fingerprint density at radius 2 is 2.18 bits per heavy atom. The number of sulfone groups is 1. The Balaban J connectivity index is 2.57. The average Bonchev–Trinajstić information content (AvgIpc) is 2.22. The Labute approximate surface area is 99.6 Å². The maximum Gasteiger partial charge on any atom is 0.323 e. The molecule has 0 radical (unpaired) electrons. The van der Waals surface area contributed by atoms with Crippen molar-refractivity contribution in [2.75, 3.05) is 23.7 Å². The number of rotatable bonds is 2. The van der Waals surface area contributed by atoms with Crippen LogP contribution < -0.4 is 4.90 Å². The zero-order chi connectivity index (χ0) is 12.6. The molecule has 2 rings (SSSR count). The quantitative estimate of drug-likeness (QED) is 0.840. The van der Waals surface area contributed by atoms with Crippen LogP contribution in [0.15, 0.2) is 23.1 Å². The topological polar surface area (TPSA) is 74.7 Å². The molecule has 0 saturated heterocycles. The minimum atomic E-state index is -3.27. The van der Waals surface area contributed by atoms with E-state index in [2.05, 4.69) is 0 Å². The lowest BCUT2D eigenvalue weighted by molar-refractivity contribution is -0.135. The van der Waals surface area contributed by atoms with Gasteiger partial charge in [-0.2, -0.15) is 0 Å². The second kappa shape index (κ2) is 4.03. The van der Waals surface area contributed by atoms with Gasteiger partial charge in [-0.3, -0.25) is 4.79 Å². The number of fused-ring (bicyclic) bond motifs is 1. The number of aliphatic carboxylic acids is 1. The zero-order valence-electron chi connectivity index (χ0n) is 9.38. The minimum Gasteiger partial charge on any atom is -0.480 e. The van der Waals surface area contributed by atoms with E-state index in [1.165, 1.54) is 6.07 Å². The molecule has 5 nitrogen and oxygen atoms in total. The van der Waals surface area contributed by atoms with E-state index >= 15 is 0 Å². The van der Waals surface area contributed by atoms with Gasteiger partial charge in [-0.25, -0.2) is 8.42 Å². The van der Waals surface area contributed by atoms with Gasteiger partial charge in [0.05, 0.1) is 16.3 Å². The van der Waals surface area contributed by atoms with Crippen molar-refractivity contribution in [1.29, 1.82) is 0 Å². The number of carboxylic acid groups (broad SMARTS) is 1. The molecule has 0 unspecified atom stereocenters. The van der Waals surface area contributed by atoms with E-state index in [-0.39, 0.29) is 23.7 Å². The molecular formula is C11H13NO4S. The van der Waals surface area contributed by atoms with Gasteiger partial charge in [-0.05, 0) is 18.6 Å². The summed E-state index contributed by atoms with van der Waals surface area (Å²) < 4.78 is 23.8. The summed E-state index contributed by atoms with van der Waals surface area (Å²) in [4.78, 5) is 12.6. The second-order valence-electron chi connectivity index (χ2n) is 4.06. The van der Waals surface area contributed by atoms with Gasteiger partial charge in [0.2, 0.25) is 0 Å². The summed E-state index contributed by atoms with van der Waals surface area (Å²) in [7, 11) is -3.27. The lowest BCUT2D eigenvalue weighted by atomic mass is 10.1. The van der Waals surface area contributed by atoms with E-state index in [0.29, 0.717) is 5.69 Å². The highest BCUT2D eigenvalue weighted by molar-refractivity contribution is 7.91. The Hall–Kier alpha value is -1.56. The van der Waals surface area contributed by atoms with Gasteiger partial charge in [0.1, 0.15) is 6.54 Å². The predicted molar refractivity (Wildman–Crippen MR) is 63.1 cm³/mol. The summed E-state index contributed by atoms with van der Waals surface area (Å²) in [6.45, 7) is 1.84. The van der Waals surface area contributed by atoms with E-state index in [9.17, 15) is 13.2 Å².